The molecule has 0 amide bonds. The zero-order valence-corrected chi connectivity index (χ0v) is 25.6. The van der Waals surface area contributed by atoms with Gasteiger partial charge in [-0.2, -0.15) is 0 Å². The fraction of sp³-hybridized carbons (Fsp3) is 0.615. The molecule has 17 heteroatoms. The second-order valence-electron chi connectivity index (χ2n) is 11.3. The van der Waals surface area contributed by atoms with Crippen LogP contribution < -0.4 is 22.5 Å². The highest BCUT2D eigenvalue weighted by atomic mass is 31.2. The van der Waals surface area contributed by atoms with Crippen LogP contribution >= 0.6 is 7.60 Å². The molecule has 1 saturated heterocycles. The lowest BCUT2D eigenvalue weighted by Crippen LogP contribution is -2.34. The normalized spacial score (nSPS) is 24.0. The quantitative estimate of drug-likeness (QED) is 0.260. The largest absolute Gasteiger partial charge is 0.508 e. The van der Waals surface area contributed by atoms with Crippen molar-refractivity contribution in [1.29, 1.82) is 0 Å². The summed E-state index contributed by atoms with van der Waals surface area (Å²) in [6.45, 7) is 8.88. The van der Waals surface area contributed by atoms with E-state index in [0.29, 0.717) is 0 Å². The third kappa shape index (κ3) is 7.11. The average molecular weight is 629 g/mol. The van der Waals surface area contributed by atoms with Crippen molar-refractivity contribution >= 4 is 7.60 Å². The molecule has 2 unspecified atom stereocenters. The van der Waals surface area contributed by atoms with Crippen LogP contribution in [0.2, 0.25) is 0 Å². The monoisotopic (exact) mass is 628 g/mol. The number of aromatic amines is 2. The SMILES string of the molecule is Cc1cn([C@H]2CC(O)=C(COC(C)(C)P(=O)(O)OC3C[C@H](n4cc(C)c(=O)[nH]c4=O)O[C@@H]3COC(C)C)O2)c(=O)[nH]c1=O. The van der Waals surface area contributed by atoms with E-state index in [0.717, 1.165) is 4.57 Å². The van der Waals surface area contributed by atoms with Crippen molar-refractivity contribution in [3.8, 4) is 0 Å². The number of rotatable bonds is 11. The van der Waals surface area contributed by atoms with Gasteiger partial charge in [0, 0.05) is 29.9 Å². The minimum atomic E-state index is -4.60. The molecule has 16 nitrogen and oxygen atoms in total. The van der Waals surface area contributed by atoms with E-state index in [9.17, 15) is 33.7 Å². The van der Waals surface area contributed by atoms with Crippen LogP contribution in [0.15, 0.2) is 43.1 Å². The molecule has 2 aliphatic rings. The molecule has 4 N–H and O–H groups in total. The number of hydrogen-bond donors (Lipinski definition) is 4. The van der Waals surface area contributed by atoms with Gasteiger partial charge in [0.05, 0.1) is 19.1 Å². The van der Waals surface area contributed by atoms with E-state index < -0.39 is 66.7 Å². The molecule has 0 aromatic carbocycles. The molecule has 2 aromatic rings. The van der Waals surface area contributed by atoms with E-state index >= 15 is 0 Å². The minimum absolute atomic E-state index is 0.00319. The number of H-pyrrole nitrogens is 2. The predicted molar refractivity (Wildman–Crippen MR) is 151 cm³/mol. The van der Waals surface area contributed by atoms with E-state index in [2.05, 4.69) is 9.97 Å². The third-order valence-electron chi connectivity index (χ3n) is 7.17. The van der Waals surface area contributed by atoms with Crippen molar-refractivity contribution in [2.45, 2.75) is 90.5 Å². The summed E-state index contributed by atoms with van der Waals surface area (Å²) < 4.78 is 44.6. The van der Waals surface area contributed by atoms with Gasteiger partial charge < -0.3 is 33.5 Å². The molecule has 2 aliphatic heterocycles. The summed E-state index contributed by atoms with van der Waals surface area (Å²) in [5.74, 6) is -0.293. The third-order valence-corrected chi connectivity index (χ3v) is 9.22. The number of aliphatic hydroxyl groups is 1. The summed E-state index contributed by atoms with van der Waals surface area (Å²) in [6, 6.07) is 0. The van der Waals surface area contributed by atoms with Gasteiger partial charge in [-0.3, -0.25) is 33.3 Å². The number of aryl methyl sites for hydroxylation is 2. The summed E-state index contributed by atoms with van der Waals surface area (Å²) in [5, 5.41) is 8.62. The van der Waals surface area contributed by atoms with Crippen molar-refractivity contribution in [3.63, 3.8) is 0 Å². The maximum absolute atomic E-state index is 13.6. The molecule has 5 atom stereocenters. The van der Waals surface area contributed by atoms with Gasteiger partial charge in [-0.05, 0) is 41.5 Å². The van der Waals surface area contributed by atoms with Gasteiger partial charge in [-0.25, -0.2) is 9.59 Å². The van der Waals surface area contributed by atoms with Crippen LogP contribution in [0, 0.1) is 13.8 Å². The van der Waals surface area contributed by atoms with E-state index in [1.165, 1.54) is 44.7 Å². The second-order valence-corrected chi connectivity index (χ2v) is 13.6. The van der Waals surface area contributed by atoms with Crippen LogP contribution in [-0.4, -0.2) is 66.0 Å². The Balaban J connectivity index is 1.46. The Kier molecular flexibility index (Phi) is 9.40. The maximum atomic E-state index is 13.6. The molecule has 2 aromatic heterocycles. The van der Waals surface area contributed by atoms with E-state index in [-0.39, 0.29) is 48.2 Å². The summed E-state index contributed by atoms with van der Waals surface area (Å²) in [7, 11) is -4.60. The lowest BCUT2D eigenvalue weighted by molar-refractivity contribution is -0.0752. The van der Waals surface area contributed by atoms with E-state index in [1.54, 1.807) is 13.8 Å². The average Bonchev–Trinajstić information content (AvgIpc) is 3.47. The first-order valence-corrected chi connectivity index (χ1v) is 15.2. The van der Waals surface area contributed by atoms with Crippen LogP contribution in [0.4, 0.5) is 0 Å². The first-order valence-electron chi connectivity index (χ1n) is 13.6. The van der Waals surface area contributed by atoms with Crippen LogP contribution in [-0.2, 0) is 28.0 Å². The van der Waals surface area contributed by atoms with Crippen molar-refractivity contribution < 1.29 is 38.0 Å². The Bertz CT molecular complexity index is 1670. The molecular formula is C26H37N4O12P. The van der Waals surface area contributed by atoms with Crippen LogP contribution in [0.1, 0.15) is 64.1 Å². The highest BCUT2D eigenvalue weighted by Gasteiger charge is 2.49. The lowest BCUT2D eigenvalue weighted by Gasteiger charge is -2.32. The fourth-order valence-corrected chi connectivity index (χ4v) is 5.55. The number of aliphatic hydroxyl groups excluding tert-OH is 1. The predicted octanol–water partition coefficient (Wildman–Crippen LogP) is 1.43. The van der Waals surface area contributed by atoms with Crippen LogP contribution in [0.3, 0.4) is 0 Å². The standard InChI is InChI=1S/C26H37N4O12P/c1-13(2)38-11-19-17(8-21(41-19)30-10-15(4)23(33)28-25(30)35)42-43(36,37)26(5,6)39-12-18-16(31)7-20(40-18)29-9-14(3)22(32)27-24(29)34/h9-10,13,17,19-21,31H,7-8,11-12H2,1-6H3,(H,36,37)(H,27,32,34)(H,28,33,35)/t17?,19-,20-,21-/m1/s1. The lowest BCUT2D eigenvalue weighted by atomic mass is 10.2. The minimum Gasteiger partial charge on any atom is -0.508 e. The topological polar surface area (TPSA) is 213 Å². The second kappa shape index (κ2) is 12.4. The molecule has 238 valence electrons. The van der Waals surface area contributed by atoms with Crippen molar-refractivity contribution in [2.75, 3.05) is 13.2 Å². The summed E-state index contributed by atoms with van der Waals surface area (Å²) in [5.41, 5.74) is -1.97. The van der Waals surface area contributed by atoms with Gasteiger partial charge in [0.2, 0.25) is 0 Å². The summed E-state index contributed by atoms with van der Waals surface area (Å²) >= 11 is 0. The van der Waals surface area contributed by atoms with Crippen molar-refractivity contribution in [3.05, 3.63) is 76.7 Å². The van der Waals surface area contributed by atoms with Crippen molar-refractivity contribution in [1.82, 2.24) is 19.1 Å². The van der Waals surface area contributed by atoms with Gasteiger partial charge in [0.1, 0.15) is 30.8 Å². The number of hydrogen-bond acceptors (Lipinski definition) is 11. The number of ether oxygens (including phenoxy) is 4. The molecule has 0 saturated carbocycles. The number of nitrogens with zero attached hydrogens (tertiary/aromatic N) is 2. The Labute approximate surface area is 245 Å². The van der Waals surface area contributed by atoms with Gasteiger partial charge >= 0.3 is 19.0 Å². The van der Waals surface area contributed by atoms with Gasteiger partial charge in [-0.15, -0.1) is 0 Å². The van der Waals surface area contributed by atoms with E-state index in [1.807, 2.05) is 0 Å². The number of nitrogens with one attached hydrogen (secondary N) is 2. The summed E-state index contributed by atoms with van der Waals surface area (Å²) in [4.78, 5) is 63.6. The van der Waals surface area contributed by atoms with Crippen LogP contribution in [0.5, 0.6) is 0 Å². The number of aromatic nitrogens is 4. The molecule has 1 fully saturated rings. The Morgan fingerprint density at radius 2 is 1.60 bits per heavy atom. The van der Waals surface area contributed by atoms with Gasteiger partial charge in [-0.1, -0.05) is 0 Å². The zero-order valence-electron chi connectivity index (χ0n) is 24.7. The molecule has 0 spiro atoms. The smallest absolute Gasteiger partial charge is 0.359 e. The Morgan fingerprint density at radius 1 is 1.05 bits per heavy atom. The highest BCUT2D eigenvalue weighted by molar-refractivity contribution is 7.54. The van der Waals surface area contributed by atoms with Crippen LogP contribution in [0.25, 0.3) is 0 Å². The molecular weight excluding hydrogens is 591 g/mol. The van der Waals surface area contributed by atoms with Gasteiger partial charge in [0.15, 0.2) is 17.3 Å². The highest BCUT2D eigenvalue weighted by Crippen LogP contribution is 2.58. The molecule has 4 rings (SSSR count). The molecule has 43 heavy (non-hydrogen) atoms. The van der Waals surface area contributed by atoms with Crippen molar-refractivity contribution in [2.24, 2.45) is 0 Å². The molecule has 4 heterocycles. The molecule has 0 aliphatic carbocycles. The first-order chi connectivity index (χ1) is 20.0. The summed E-state index contributed by atoms with van der Waals surface area (Å²) in [6.07, 6.45) is -1.36. The Hall–Kier alpha value is -3.27. The Morgan fingerprint density at radius 3 is 2.16 bits per heavy atom. The molecule has 0 bridgehead atoms. The van der Waals surface area contributed by atoms with E-state index in [4.69, 9.17) is 23.5 Å². The zero-order chi connectivity index (χ0) is 31.9. The van der Waals surface area contributed by atoms with Gasteiger partial charge in [0.25, 0.3) is 11.1 Å². The fourth-order valence-electron chi connectivity index (χ4n) is 4.48. The molecule has 0 radical (unpaired) electrons. The maximum Gasteiger partial charge on any atom is 0.359 e. The first kappa shape index (κ1) is 32.6.